The van der Waals surface area contributed by atoms with Crippen molar-refractivity contribution < 1.29 is 4.79 Å². The maximum Gasteiger partial charge on any atom is 0.163 e. The van der Waals surface area contributed by atoms with Crippen LogP contribution < -0.4 is 10.6 Å². The van der Waals surface area contributed by atoms with E-state index in [0.29, 0.717) is 17.7 Å². The van der Waals surface area contributed by atoms with Gasteiger partial charge in [0.2, 0.25) is 0 Å². The third-order valence-electron chi connectivity index (χ3n) is 5.60. The van der Waals surface area contributed by atoms with Gasteiger partial charge in [-0.15, -0.1) is 0 Å². The summed E-state index contributed by atoms with van der Waals surface area (Å²) in [7, 11) is 0. The van der Waals surface area contributed by atoms with E-state index in [1.165, 1.54) is 30.5 Å². The fourth-order valence-electron chi connectivity index (χ4n) is 3.91. The molecule has 0 unspecified atom stereocenters. The minimum absolute atomic E-state index is 0.128. The molecule has 0 radical (unpaired) electrons. The summed E-state index contributed by atoms with van der Waals surface area (Å²) in [5.74, 6) is 0.128. The van der Waals surface area contributed by atoms with E-state index in [4.69, 9.17) is 5.73 Å². The molecule has 2 N–H and O–H groups in total. The third-order valence-corrected chi connectivity index (χ3v) is 5.60. The van der Waals surface area contributed by atoms with Crippen molar-refractivity contribution in [2.75, 3.05) is 23.7 Å². The highest BCUT2D eigenvalue weighted by atomic mass is 16.1. The molecule has 2 heterocycles. The standard InChI is InChI=1S/C25H27N3O/c26-23-11-10-21(28-15-5-2-6-16-28)18-22(23)24-17-20(13-14-27-24)25(29)12-9-19-7-3-1-4-8-19/h1,3-4,7-8,10-11,13-14,17-18H,2,5-6,9,12,15-16,26H2. The highest BCUT2D eigenvalue weighted by Crippen LogP contribution is 2.31. The normalized spacial score (nSPS) is 14.0. The van der Waals surface area contributed by atoms with Gasteiger partial charge in [0.15, 0.2) is 5.78 Å². The minimum Gasteiger partial charge on any atom is -0.398 e. The zero-order chi connectivity index (χ0) is 20.1. The number of benzene rings is 2. The molecular weight excluding hydrogens is 358 g/mol. The predicted octanol–water partition coefficient (Wildman–Crippen LogP) is 5.14. The van der Waals surface area contributed by atoms with E-state index >= 15 is 0 Å². The minimum atomic E-state index is 0.128. The number of aryl methyl sites for hydroxylation is 1. The van der Waals surface area contributed by atoms with Gasteiger partial charge in [-0.25, -0.2) is 0 Å². The number of nitrogens with zero attached hydrogens (tertiary/aromatic N) is 2. The number of pyridine rings is 1. The van der Waals surface area contributed by atoms with Crippen molar-refractivity contribution in [3.8, 4) is 11.3 Å². The van der Waals surface area contributed by atoms with Crippen molar-refractivity contribution in [3.05, 3.63) is 78.0 Å². The maximum atomic E-state index is 12.7. The van der Waals surface area contributed by atoms with Crippen LogP contribution in [0.3, 0.4) is 0 Å². The number of anilines is 2. The number of aromatic nitrogens is 1. The molecule has 29 heavy (non-hydrogen) atoms. The fraction of sp³-hybridized carbons (Fsp3) is 0.280. The number of ketones is 1. The van der Waals surface area contributed by atoms with Gasteiger partial charge < -0.3 is 10.6 Å². The summed E-state index contributed by atoms with van der Waals surface area (Å²) in [5.41, 5.74) is 11.6. The van der Waals surface area contributed by atoms with Crippen molar-refractivity contribution in [1.82, 2.24) is 4.98 Å². The average Bonchev–Trinajstić information content (AvgIpc) is 2.79. The Hall–Kier alpha value is -3.14. The third kappa shape index (κ3) is 4.65. The molecular formula is C25H27N3O. The number of nitrogen functional groups attached to an aromatic ring is 1. The van der Waals surface area contributed by atoms with Crippen LogP contribution in [0.4, 0.5) is 11.4 Å². The Morgan fingerprint density at radius 2 is 1.76 bits per heavy atom. The zero-order valence-electron chi connectivity index (χ0n) is 16.7. The molecule has 0 aliphatic carbocycles. The Kier molecular flexibility index (Phi) is 5.89. The van der Waals surface area contributed by atoms with Gasteiger partial charge in [0.05, 0.1) is 5.69 Å². The van der Waals surface area contributed by atoms with E-state index in [2.05, 4.69) is 34.1 Å². The number of hydrogen-bond donors (Lipinski definition) is 1. The quantitative estimate of drug-likeness (QED) is 0.472. The molecule has 0 spiro atoms. The topological polar surface area (TPSA) is 59.2 Å². The van der Waals surface area contributed by atoms with Crippen molar-refractivity contribution in [2.45, 2.75) is 32.1 Å². The summed E-state index contributed by atoms with van der Waals surface area (Å²) in [6.07, 6.45) is 6.68. The molecule has 4 nitrogen and oxygen atoms in total. The summed E-state index contributed by atoms with van der Waals surface area (Å²) in [4.78, 5) is 19.6. The lowest BCUT2D eigenvalue weighted by Gasteiger charge is -2.29. The van der Waals surface area contributed by atoms with Crippen LogP contribution in [0.15, 0.2) is 66.9 Å². The number of nitrogens with two attached hydrogens (primary N) is 1. The van der Waals surface area contributed by atoms with Crippen LogP contribution in [-0.4, -0.2) is 23.9 Å². The van der Waals surface area contributed by atoms with Gasteiger partial charge in [-0.05, 0) is 61.6 Å². The average molecular weight is 386 g/mol. The van der Waals surface area contributed by atoms with Crippen LogP contribution in [-0.2, 0) is 6.42 Å². The van der Waals surface area contributed by atoms with E-state index in [0.717, 1.165) is 30.8 Å². The number of piperidine rings is 1. The number of rotatable bonds is 6. The number of hydrogen-bond acceptors (Lipinski definition) is 4. The van der Waals surface area contributed by atoms with E-state index in [9.17, 15) is 4.79 Å². The molecule has 1 fully saturated rings. The lowest BCUT2D eigenvalue weighted by Crippen LogP contribution is -2.29. The smallest absolute Gasteiger partial charge is 0.163 e. The van der Waals surface area contributed by atoms with Gasteiger partial charge >= 0.3 is 0 Å². The van der Waals surface area contributed by atoms with Crippen molar-refractivity contribution >= 4 is 17.2 Å². The van der Waals surface area contributed by atoms with Crippen LogP contribution in [0.5, 0.6) is 0 Å². The lowest BCUT2D eigenvalue weighted by atomic mass is 10.0. The van der Waals surface area contributed by atoms with Gasteiger partial charge in [-0.3, -0.25) is 9.78 Å². The summed E-state index contributed by atoms with van der Waals surface area (Å²) < 4.78 is 0. The fourth-order valence-corrected chi connectivity index (χ4v) is 3.91. The molecule has 0 saturated carbocycles. The largest absolute Gasteiger partial charge is 0.398 e. The van der Waals surface area contributed by atoms with Gasteiger partial charge in [0.1, 0.15) is 0 Å². The molecule has 0 atom stereocenters. The number of Topliss-reactive ketones (excluding diaryl/α,β-unsaturated/α-hetero) is 1. The van der Waals surface area contributed by atoms with Gasteiger partial charge in [-0.2, -0.15) is 0 Å². The van der Waals surface area contributed by atoms with Crippen molar-refractivity contribution in [3.63, 3.8) is 0 Å². The molecule has 4 heteroatoms. The lowest BCUT2D eigenvalue weighted by molar-refractivity contribution is 0.0983. The zero-order valence-corrected chi connectivity index (χ0v) is 16.7. The first-order valence-electron chi connectivity index (χ1n) is 10.4. The molecule has 1 aliphatic heterocycles. The second kappa shape index (κ2) is 8.91. The first-order valence-corrected chi connectivity index (χ1v) is 10.4. The van der Waals surface area contributed by atoms with E-state index in [1.807, 2.05) is 30.3 Å². The summed E-state index contributed by atoms with van der Waals surface area (Å²) in [5, 5.41) is 0. The van der Waals surface area contributed by atoms with Crippen molar-refractivity contribution in [1.29, 1.82) is 0 Å². The van der Waals surface area contributed by atoms with Crippen LogP contribution in [0.2, 0.25) is 0 Å². The summed E-state index contributed by atoms with van der Waals surface area (Å²) in [6, 6.07) is 19.9. The van der Waals surface area contributed by atoms with Crippen LogP contribution >= 0.6 is 0 Å². The molecule has 0 bridgehead atoms. The van der Waals surface area contributed by atoms with Crippen LogP contribution in [0.1, 0.15) is 41.6 Å². The Bertz CT molecular complexity index is 978. The molecule has 3 aromatic rings. The molecule has 4 rings (SSSR count). The molecule has 2 aromatic carbocycles. The first kappa shape index (κ1) is 19.2. The number of carbonyl (C=O) groups is 1. The van der Waals surface area contributed by atoms with Crippen LogP contribution in [0, 0.1) is 0 Å². The maximum absolute atomic E-state index is 12.7. The number of carbonyl (C=O) groups excluding carboxylic acids is 1. The highest BCUT2D eigenvalue weighted by Gasteiger charge is 2.15. The summed E-state index contributed by atoms with van der Waals surface area (Å²) >= 11 is 0. The molecule has 1 aromatic heterocycles. The monoisotopic (exact) mass is 385 g/mol. The predicted molar refractivity (Wildman–Crippen MR) is 119 cm³/mol. The van der Waals surface area contributed by atoms with Gasteiger partial charge in [-0.1, -0.05) is 30.3 Å². The molecule has 1 aliphatic rings. The first-order chi connectivity index (χ1) is 14.2. The Morgan fingerprint density at radius 3 is 2.55 bits per heavy atom. The second-order valence-corrected chi connectivity index (χ2v) is 7.66. The highest BCUT2D eigenvalue weighted by molar-refractivity contribution is 5.97. The Morgan fingerprint density at radius 1 is 0.966 bits per heavy atom. The second-order valence-electron chi connectivity index (χ2n) is 7.66. The van der Waals surface area contributed by atoms with E-state index in [-0.39, 0.29) is 5.78 Å². The van der Waals surface area contributed by atoms with Gasteiger partial charge in [0.25, 0.3) is 0 Å². The Balaban J connectivity index is 1.54. The molecule has 148 valence electrons. The van der Waals surface area contributed by atoms with E-state index < -0.39 is 0 Å². The molecule has 0 amide bonds. The van der Waals surface area contributed by atoms with E-state index in [1.54, 1.807) is 12.3 Å². The van der Waals surface area contributed by atoms with Crippen molar-refractivity contribution in [2.24, 2.45) is 0 Å². The SMILES string of the molecule is Nc1ccc(N2CCCCC2)cc1-c1cc(C(=O)CCc2ccccc2)ccn1. The van der Waals surface area contributed by atoms with Gasteiger partial charge in [0, 0.05) is 48.2 Å². The Labute approximate surface area is 172 Å². The summed E-state index contributed by atoms with van der Waals surface area (Å²) in [6.45, 7) is 2.16. The molecule has 1 saturated heterocycles. The van der Waals surface area contributed by atoms with Crippen LogP contribution in [0.25, 0.3) is 11.3 Å².